The molecule has 2 aromatic heterocycles. The average molecular weight is 380 g/mol. The fraction of sp³-hybridized carbons (Fsp3) is 0.684. The number of sulfone groups is 1. The zero-order valence-corrected chi connectivity index (χ0v) is 17.1. The van der Waals surface area contributed by atoms with E-state index in [0.29, 0.717) is 11.4 Å². The normalized spacial score (nSPS) is 17.3. The molecule has 3 rings (SSSR count). The zero-order chi connectivity index (χ0) is 19.1. The summed E-state index contributed by atoms with van der Waals surface area (Å²) < 4.78 is 32.6. The maximum Gasteiger partial charge on any atom is 0.182 e. The van der Waals surface area contributed by atoms with Crippen molar-refractivity contribution in [3.8, 4) is 0 Å². The summed E-state index contributed by atoms with van der Waals surface area (Å²) in [6.07, 6.45) is 3.54. The second kappa shape index (κ2) is 6.93. The molecule has 1 aliphatic rings. The number of fused-ring (bicyclic) bond motifs is 1. The van der Waals surface area contributed by atoms with Gasteiger partial charge in [0, 0.05) is 31.4 Å². The molecule has 0 aliphatic carbocycles. The van der Waals surface area contributed by atoms with Crippen molar-refractivity contribution in [2.24, 2.45) is 5.92 Å². The summed E-state index contributed by atoms with van der Waals surface area (Å²) in [4.78, 5) is 9.55. The molecule has 0 spiro atoms. The zero-order valence-electron chi connectivity index (χ0n) is 16.3. The summed E-state index contributed by atoms with van der Waals surface area (Å²) in [7, 11) is -3.36. The molecule has 7 heteroatoms. The summed E-state index contributed by atoms with van der Waals surface area (Å²) in [5.74, 6) is 1.48. The number of ether oxygens (including phenoxy) is 1. The van der Waals surface area contributed by atoms with E-state index in [1.165, 1.54) is 6.20 Å². The van der Waals surface area contributed by atoms with Gasteiger partial charge in [-0.25, -0.2) is 18.4 Å². The van der Waals surface area contributed by atoms with E-state index in [9.17, 15) is 8.42 Å². The SMILES string of the molecule is CC(C)S(=O)(=O)c1cnc2c(c1)nc(C(C)(C)C)n2CC1CCOCC1. The molecule has 0 N–H and O–H groups in total. The first-order valence-corrected chi connectivity index (χ1v) is 10.8. The van der Waals surface area contributed by atoms with Gasteiger partial charge < -0.3 is 9.30 Å². The Morgan fingerprint density at radius 3 is 2.50 bits per heavy atom. The van der Waals surface area contributed by atoms with E-state index in [2.05, 4.69) is 30.3 Å². The van der Waals surface area contributed by atoms with Crippen LogP contribution in [-0.2, 0) is 26.5 Å². The predicted molar refractivity (Wildman–Crippen MR) is 102 cm³/mol. The van der Waals surface area contributed by atoms with Gasteiger partial charge in [-0.3, -0.25) is 0 Å². The number of rotatable bonds is 4. The first-order chi connectivity index (χ1) is 12.1. The minimum absolute atomic E-state index is 0.150. The summed E-state index contributed by atoms with van der Waals surface area (Å²) in [6, 6.07) is 1.67. The highest BCUT2D eigenvalue weighted by Gasteiger charge is 2.27. The molecule has 26 heavy (non-hydrogen) atoms. The van der Waals surface area contributed by atoms with Gasteiger partial charge in [-0.05, 0) is 38.7 Å². The number of nitrogens with zero attached hydrogens (tertiary/aromatic N) is 3. The molecule has 0 radical (unpaired) electrons. The summed E-state index contributed by atoms with van der Waals surface area (Å²) in [6.45, 7) is 12.2. The Labute approximate surface area is 155 Å². The van der Waals surface area contributed by atoms with Crippen LogP contribution in [-0.4, -0.2) is 41.4 Å². The third kappa shape index (κ3) is 3.64. The molecule has 3 heterocycles. The van der Waals surface area contributed by atoms with Gasteiger partial charge in [0.1, 0.15) is 11.3 Å². The smallest absolute Gasteiger partial charge is 0.182 e. The Kier molecular flexibility index (Phi) is 5.14. The van der Waals surface area contributed by atoms with Crippen LogP contribution in [0.3, 0.4) is 0 Å². The number of hydrogen-bond acceptors (Lipinski definition) is 5. The Hall–Kier alpha value is -1.47. The van der Waals surface area contributed by atoms with Gasteiger partial charge in [0.25, 0.3) is 0 Å². The maximum atomic E-state index is 12.5. The number of hydrogen-bond donors (Lipinski definition) is 0. The monoisotopic (exact) mass is 379 g/mol. The molecule has 0 bridgehead atoms. The van der Waals surface area contributed by atoms with Crippen molar-refractivity contribution in [3.05, 3.63) is 18.1 Å². The highest BCUT2D eigenvalue weighted by atomic mass is 32.2. The Morgan fingerprint density at radius 2 is 1.92 bits per heavy atom. The minimum atomic E-state index is -3.36. The molecule has 2 aromatic rings. The lowest BCUT2D eigenvalue weighted by Crippen LogP contribution is -2.25. The summed E-state index contributed by atoms with van der Waals surface area (Å²) in [5, 5.41) is -0.479. The molecule has 0 aromatic carbocycles. The highest BCUT2D eigenvalue weighted by Crippen LogP contribution is 2.29. The van der Waals surface area contributed by atoms with Crippen LogP contribution in [0.1, 0.15) is 53.3 Å². The maximum absolute atomic E-state index is 12.5. The molecule has 0 atom stereocenters. The van der Waals surface area contributed by atoms with E-state index in [4.69, 9.17) is 9.72 Å². The van der Waals surface area contributed by atoms with Gasteiger partial charge in [-0.2, -0.15) is 0 Å². The Morgan fingerprint density at radius 1 is 1.27 bits per heavy atom. The van der Waals surface area contributed by atoms with Crippen LogP contribution in [0.2, 0.25) is 0 Å². The minimum Gasteiger partial charge on any atom is -0.381 e. The van der Waals surface area contributed by atoms with Gasteiger partial charge in [0.05, 0.1) is 10.1 Å². The van der Waals surface area contributed by atoms with Crippen molar-refractivity contribution < 1.29 is 13.2 Å². The van der Waals surface area contributed by atoms with E-state index in [0.717, 1.165) is 44.1 Å². The Balaban J connectivity index is 2.09. The van der Waals surface area contributed by atoms with E-state index >= 15 is 0 Å². The number of aromatic nitrogens is 3. The molecular weight excluding hydrogens is 350 g/mol. The third-order valence-electron chi connectivity index (χ3n) is 4.96. The molecule has 0 saturated carbocycles. The van der Waals surface area contributed by atoms with Crippen molar-refractivity contribution in [2.75, 3.05) is 13.2 Å². The number of imidazole rings is 1. The summed E-state index contributed by atoms with van der Waals surface area (Å²) >= 11 is 0. The van der Waals surface area contributed by atoms with E-state index in [1.54, 1.807) is 19.9 Å². The molecule has 144 valence electrons. The lowest BCUT2D eigenvalue weighted by molar-refractivity contribution is 0.0611. The topological polar surface area (TPSA) is 74.1 Å². The average Bonchev–Trinajstić information content (AvgIpc) is 2.94. The fourth-order valence-corrected chi connectivity index (χ4v) is 4.37. The standard InChI is InChI=1S/C19H29N3O3S/c1-13(2)26(23,24)15-10-16-17(20-11-15)22(18(21-16)19(3,4)5)12-14-6-8-25-9-7-14/h10-11,13-14H,6-9,12H2,1-5H3. The first-order valence-electron chi connectivity index (χ1n) is 9.29. The van der Waals surface area contributed by atoms with Gasteiger partial charge in [0.15, 0.2) is 15.5 Å². The molecule has 6 nitrogen and oxygen atoms in total. The van der Waals surface area contributed by atoms with Crippen LogP contribution in [0.25, 0.3) is 11.2 Å². The van der Waals surface area contributed by atoms with Crippen molar-refractivity contribution in [1.29, 1.82) is 0 Å². The lowest BCUT2D eigenvalue weighted by Gasteiger charge is -2.26. The van der Waals surface area contributed by atoms with Crippen LogP contribution in [0, 0.1) is 5.92 Å². The van der Waals surface area contributed by atoms with E-state index < -0.39 is 15.1 Å². The molecule has 0 amide bonds. The molecule has 1 aliphatic heterocycles. The van der Waals surface area contributed by atoms with Crippen LogP contribution in [0.4, 0.5) is 0 Å². The quantitative estimate of drug-likeness (QED) is 0.814. The second-order valence-corrected chi connectivity index (χ2v) is 11.0. The van der Waals surface area contributed by atoms with E-state index in [1.807, 2.05) is 0 Å². The molecule has 1 saturated heterocycles. The van der Waals surface area contributed by atoms with Crippen LogP contribution in [0.15, 0.2) is 17.2 Å². The van der Waals surface area contributed by atoms with Crippen molar-refractivity contribution in [3.63, 3.8) is 0 Å². The van der Waals surface area contributed by atoms with Crippen LogP contribution in [0.5, 0.6) is 0 Å². The highest BCUT2D eigenvalue weighted by molar-refractivity contribution is 7.92. The second-order valence-electron chi connectivity index (χ2n) is 8.46. The number of pyridine rings is 1. The van der Waals surface area contributed by atoms with E-state index in [-0.39, 0.29) is 10.3 Å². The van der Waals surface area contributed by atoms with Gasteiger partial charge in [0.2, 0.25) is 0 Å². The summed E-state index contributed by atoms with van der Waals surface area (Å²) in [5.41, 5.74) is 1.27. The van der Waals surface area contributed by atoms with Crippen molar-refractivity contribution >= 4 is 21.0 Å². The van der Waals surface area contributed by atoms with Crippen LogP contribution < -0.4 is 0 Å². The fourth-order valence-electron chi connectivity index (χ4n) is 3.35. The largest absolute Gasteiger partial charge is 0.381 e. The van der Waals surface area contributed by atoms with Crippen LogP contribution >= 0.6 is 0 Å². The molecule has 1 fully saturated rings. The van der Waals surface area contributed by atoms with Crippen molar-refractivity contribution in [1.82, 2.24) is 14.5 Å². The predicted octanol–water partition coefficient (Wildman–Crippen LogP) is 3.34. The Bertz CT molecular complexity index is 889. The van der Waals surface area contributed by atoms with Gasteiger partial charge >= 0.3 is 0 Å². The van der Waals surface area contributed by atoms with Gasteiger partial charge in [-0.15, -0.1) is 0 Å². The molecule has 0 unspecified atom stereocenters. The van der Waals surface area contributed by atoms with Gasteiger partial charge in [-0.1, -0.05) is 20.8 Å². The lowest BCUT2D eigenvalue weighted by atomic mass is 9.94. The first kappa shape index (κ1) is 19.3. The molecular formula is C19H29N3O3S. The van der Waals surface area contributed by atoms with Crippen molar-refractivity contribution in [2.45, 2.75) is 69.6 Å². The third-order valence-corrected chi connectivity index (χ3v) is 7.08.